The van der Waals surface area contributed by atoms with Crippen LogP contribution in [0, 0.1) is 6.92 Å². The van der Waals surface area contributed by atoms with E-state index < -0.39 is 11.5 Å². The second kappa shape index (κ2) is 9.29. The third-order valence-electron chi connectivity index (χ3n) is 6.11. The molecule has 0 radical (unpaired) electrons. The second-order valence-electron chi connectivity index (χ2n) is 8.39. The van der Waals surface area contributed by atoms with Gasteiger partial charge in [0.2, 0.25) is 11.8 Å². The van der Waals surface area contributed by atoms with Gasteiger partial charge < -0.3 is 20.6 Å². The highest BCUT2D eigenvalue weighted by atomic mass is 16.4. The van der Waals surface area contributed by atoms with Gasteiger partial charge >= 0.3 is 5.97 Å². The lowest BCUT2D eigenvalue weighted by atomic mass is 9.86. The quantitative estimate of drug-likeness (QED) is 0.621. The number of anilines is 1. The average molecular weight is 402 g/mol. The zero-order valence-electron chi connectivity index (χ0n) is 17.1. The summed E-state index contributed by atoms with van der Waals surface area (Å²) in [5, 5.41) is 15.0. The van der Waals surface area contributed by atoms with E-state index in [1.165, 1.54) is 11.3 Å². The maximum Gasteiger partial charge on any atom is 0.303 e. The number of carboxylic acids is 1. The predicted molar refractivity (Wildman–Crippen MR) is 111 cm³/mol. The standard InChI is InChI=1S/C22H31N3O4/c1-16-3-2-4-18(15-16)25-13-8-17(9-14-25)23-19(26)5-10-22(12-7-21(28)29)11-6-20(27)24-22/h2-4,15,17H,5-14H2,1H3,(H,23,26)(H,24,27)(H,28,29). The highest BCUT2D eigenvalue weighted by molar-refractivity contribution is 5.80. The topological polar surface area (TPSA) is 98.7 Å². The summed E-state index contributed by atoms with van der Waals surface area (Å²) in [4.78, 5) is 37.4. The van der Waals surface area contributed by atoms with Crippen molar-refractivity contribution in [3.05, 3.63) is 29.8 Å². The Morgan fingerprint density at radius 2 is 1.97 bits per heavy atom. The zero-order chi connectivity index (χ0) is 20.9. The van der Waals surface area contributed by atoms with Crippen molar-refractivity contribution in [1.29, 1.82) is 0 Å². The van der Waals surface area contributed by atoms with Gasteiger partial charge in [0.05, 0.1) is 0 Å². The van der Waals surface area contributed by atoms with Gasteiger partial charge in [0.15, 0.2) is 0 Å². The molecule has 0 aliphatic carbocycles. The summed E-state index contributed by atoms with van der Waals surface area (Å²) in [6.45, 7) is 3.91. The van der Waals surface area contributed by atoms with Crippen LogP contribution in [0.25, 0.3) is 0 Å². The van der Waals surface area contributed by atoms with E-state index in [1.807, 2.05) is 0 Å². The molecule has 1 aromatic rings. The third kappa shape index (κ3) is 5.95. The van der Waals surface area contributed by atoms with Gasteiger partial charge in [-0.15, -0.1) is 0 Å². The van der Waals surface area contributed by atoms with Gasteiger partial charge in [-0.3, -0.25) is 14.4 Å². The Balaban J connectivity index is 1.44. The molecule has 1 atom stereocenters. The van der Waals surface area contributed by atoms with Crippen molar-refractivity contribution in [1.82, 2.24) is 10.6 Å². The number of hydrogen-bond donors (Lipinski definition) is 3. The molecule has 1 aromatic carbocycles. The smallest absolute Gasteiger partial charge is 0.303 e. The Morgan fingerprint density at radius 3 is 2.59 bits per heavy atom. The molecule has 7 heteroatoms. The highest BCUT2D eigenvalue weighted by Gasteiger charge is 2.38. The molecule has 2 amide bonds. The number of rotatable bonds is 8. The van der Waals surface area contributed by atoms with Crippen LogP contribution in [0.5, 0.6) is 0 Å². The van der Waals surface area contributed by atoms with Crippen LogP contribution in [0.15, 0.2) is 24.3 Å². The van der Waals surface area contributed by atoms with E-state index in [0.29, 0.717) is 32.1 Å². The van der Waals surface area contributed by atoms with Crippen molar-refractivity contribution >= 4 is 23.5 Å². The first kappa shape index (κ1) is 21.1. The van der Waals surface area contributed by atoms with Gasteiger partial charge in [-0.25, -0.2) is 0 Å². The number of aliphatic carboxylic acids is 1. The van der Waals surface area contributed by atoms with Crippen molar-refractivity contribution in [2.75, 3.05) is 18.0 Å². The van der Waals surface area contributed by atoms with Crippen LogP contribution in [-0.4, -0.2) is 47.6 Å². The number of nitrogens with zero attached hydrogens (tertiary/aromatic N) is 1. The van der Waals surface area contributed by atoms with Gasteiger partial charge in [-0.2, -0.15) is 0 Å². The summed E-state index contributed by atoms with van der Waals surface area (Å²) in [6.07, 6.45) is 3.97. The molecule has 3 N–H and O–H groups in total. The normalized spacial score (nSPS) is 22.4. The van der Waals surface area contributed by atoms with Crippen LogP contribution in [0.2, 0.25) is 0 Å². The number of carboxylic acid groups (broad SMARTS) is 1. The first-order valence-corrected chi connectivity index (χ1v) is 10.5. The molecule has 2 aliphatic heterocycles. The summed E-state index contributed by atoms with van der Waals surface area (Å²) in [5.74, 6) is -0.954. The van der Waals surface area contributed by atoms with E-state index in [2.05, 4.69) is 46.7 Å². The number of carbonyl (C=O) groups excluding carboxylic acids is 2. The fraction of sp³-hybridized carbons (Fsp3) is 0.591. The van der Waals surface area contributed by atoms with E-state index in [0.717, 1.165) is 25.9 Å². The van der Waals surface area contributed by atoms with Crippen molar-refractivity contribution in [3.8, 4) is 0 Å². The Kier molecular flexibility index (Phi) is 6.77. The molecule has 0 bridgehead atoms. The summed E-state index contributed by atoms with van der Waals surface area (Å²) >= 11 is 0. The van der Waals surface area contributed by atoms with Gasteiger partial charge in [-0.1, -0.05) is 12.1 Å². The lowest BCUT2D eigenvalue weighted by Gasteiger charge is -2.34. The molecule has 2 heterocycles. The van der Waals surface area contributed by atoms with Crippen LogP contribution in [0.4, 0.5) is 5.69 Å². The summed E-state index contributed by atoms with van der Waals surface area (Å²) < 4.78 is 0. The molecule has 0 aromatic heterocycles. The van der Waals surface area contributed by atoms with Crippen LogP contribution in [-0.2, 0) is 14.4 Å². The summed E-state index contributed by atoms with van der Waals surface area (Å²) in [5.41, 5.74) is 1.92. The zero-order valence-corrected chi connectivity index (χ0v) is 17.1. The van der Waals surface area contributed by atoms with Crippen molar-refractivity contribution < 1.29 is 19.5 Å². The maximum absolute atomic E-state index is 12.5. The monoisotopic (exact) mass is 401 g/mol. The molecule has 2 aliphatic rings. The fourth-order valence-electron chi connectivity index (χ4n) is 4.38. The predicted octanol–water partition coefficient (Wildman–Crippen LogP) is 2.37. The van der Waals surface area contributed by atoms with Crippen LogP contribution in [0.1, 0.15) is 56.9 Å². The number of carbonyl (C=O) groups is 3. The van der Waals surface area contributed by atoms with Gasteiger partial charge in [0, 0.05) is 49.6 Å². The second-order valence-corrected chi connectivity index (χ2v) is 8.39. The minimum absolute atomic E-state index is 0.000676. The number of hydrogen-bond acceptors (Lipinski definition) is 4. The molecule has 0 saturated carbocycles. The number of aryl methyl sites for hydroxylation is 1. The highest BCUT2D eigenvalue weighted by Crippen LogP contribution is 2.30. The van der Waals surface area contributed by atoms with Crippen molar-refractivity contribution in [3.63, 3.8) is 0 Å². The Hall–Kier alpha value is -2.57. The van der Waals surface area contributed by atoms with Crippen LogP contribution in [0.3, 0.4) is 0 Å². The molecule has 29 heavy (non-hydrogen) atoms. The van der Waals surface area contributed by atoms with Gasteiger partial charge in [0.1, 0.15) is 0 Å². The molecule has 7 nitrogen and oxygen atoms in total. The van der Waals surface area contributed by atoms with Crippen molar-refractivity contribution in [2.45, 2.75) is 69.9 Å². The lowest BCUT2D eigenvalue weighted by Crippen LogP contribution is -2.46. The molecular weight excluding hydrogens is 370 g/mol. The lowest BCUT2D eigenvalue weighted by molar-refractivity contribution is -0.137. The van der Waals surface area contributed by atoms with E-state index in [4.69, 9.17) is 5.11 Å². The SMILES string of the molecule is Cc1cccc(N2CCC(NC(=O)CCC3(CCC(=O)O)CCC(=O)N3)CC2)c1. The summed E-state index contributed by atoms with van der Waals surface area (Å²) in [7, 11) is 0. The van der Waals surface area contributed by atoms with E-state index in [-0.39, 0.29) is 24.3 Å². The number of piperidine rings is 1. The Bertz CT molecular complexity index is 758. The first-order chi connectivity index (χ1) is 13.8. The van der Waals surface area contributed by atoms with Gasteiger partial charge in [0.25, 0.3) is 0 Å². The first-order valence-electron chi connectivity index (χ1n) is 10.5. The largest absolute Gasteiger partial charge is 0.481 e. The molecule has 1 unspecified atom stereocenters. The van der Waals surface area contributed by atoms with Crippen molar-refractivity contribution in [2.24, 2.45) is 0 Å². The fourth-order valence-corrected chi connectivity index (χ4v) is 4.38. The number of benzene rings is 1. The van der Waals surface area contributed by atoms with E-state index in [1.54, 1.807) is 0 Å². The molecule has 2 saturated heterocycles. The van der Waals surface area contributed by atoms with Crippen LogP contribution < -0.4 is 15.5 Å². The van der Waals surface area contributed by atoms with E-state index in [9.17, 15) is 14.4 Å². The third-order valence-corrected chi connectivity index (χ3v) is 6.11. The number of nitrogens with one attached hydrogen (secondary N) is 2. The molecule has 158 valence electrons. The minimum Gasteiger partial charge on any atom is -0.481 e. The van der Waals surface area contributed by atoms with E-state index >= 15 is 0 Å². The maximum atomic E-state index is 12.5. The van der Waals surface area contributed by atoms with Crippen LogP contribution >= 0.6 is 0 Å². The molecule has 0 spiro atoms. The minimum atomic E-state index is -0.879. The number of amides is 2. The average Bonchev–Trinajstić information content (AvgIpc) is 3.07. The molecule has 2 fully saturated rings. The Labute approximate surface area is 171 Å². The summed E-state index contributed by atoms with van der Waals surface area (Å²) in [6, 6.07) is 8.63. The molecule has 3 rings (SSSR count). The Morgan fingerprint density at radius 1 is 1.24 bits per heavy atom. The van der Waals surface area contributed by atoms with Gasteiger partial charge in [-0.05, 0) is 56.7 Å². The molecular formula is C22H31N3O4.